The molecule has 1 unspecified atom stereocenters. The molecule has 18 heavy (non-hydrogen) atoms. The van der Waals surface area contributed by atoms with Crippen molar-refractivity contribution in [3.05, 3.63) is 11.5 Å². The van der Waals surface area contributed by atoms with Gasteiger partial charge in [-0.25, -0.2) is 0 Å². The van der Waals surface area contributed by atoms with Gasteiger partial charge in [-0.3, -0.25) is 4.79 Å². The average Bonchev–Trinajstić information content (AvgIpc) is 2.20. The number of amides is 1. The fourth-order valence-corrected chi connectivity index (χ4v) is 2.18. The molecule has 1 atom stereocenters. The Bertz CT molecular complexity index is 353. The quantitative estimate of drug-likeness (QED) is 0.777. The molecule has 0 fully saturated rings. The largest absolute Gasteiger partial charge is 0.496 e. The third-order valence-electron chi connectivity index (χ3n) is 3.02. The maximum absolute atomic E-state index is 12.4. The van der Waals surface area contributed by atoms with Crippen LogP contribution in [0.25, 0.3) is 0 Å². The van der Waals surface area contributed by atoms with Crippen molar-refractivity contribution in [3.63, 3.8) is 0 Å². The summed E-state index contributed by atoms with van der Waals surface area (Å²) >= 11 is 0. The van der Waals surface area contributed by atoms with Crippen LogP contribution in [0.5, 0.6) is 0 Å². The van der Waals surface area contributed by atoms with Crippen molar-refractivity contribution in [2.45, 2.75) is 40.7 Å². The Morgan fingerprint density at radius 2 is 1.89 bits per heavy atom. The number of nitrogens with zero attached hydrogens (tertiary/aromatic N) is 1. The Hall–Kier alpha value is -1.19. The Morgan fingerprint density at radius 3 is 2.28 bits per heavy atom. The van der Waals surface area contributed by atoms with E-state index >= 15 is 0 Å². The van der Waals surface area contributed by atoms with Crippen LogP contribution in [0.4, 0.5) is 0 Å². The first-order chi connectivity index (χ1) is 8.18. The van der Waals surface area contributed by atoms with Gasteiger partial charge in [-0.15, -0.1) is 0 Å². The van der Waals surface area contributed by atoms with Gasteiger partial charge in [-0.05, 0) is 19.3 Å². The molecule has 0 radical (unpaired) electrons. The first-order valence-electron chi connectivity index (χ1n) is 6.37. The molecule has 0 bridgehead atoms. The van der Waals surface area contributed by atoms with E-state index in [1.54, 1.807) is 19.1 Å². The molecule has 4 nitrogen and oxygen atoms in total. The fourth-order valence-electron chi connectivity index (χ4n) is 2.18. The van der Waals surface area contributed by atoms with Crippen LogP contribution in [0.3, 0.4) is 0 Å². The number of methoxy groups -OCH3 is 1. The Labute approximate surface area is 110 Å². The molecule has 1 amide bonds. The lowest BCUT2D eigenvalue weighted by Gasteiger charge is -2.39. The van der Waals surface area contributed by atoms with Gasteiger partial charge >= 0.3 is 0 Å². The van der Waals surface area contributed by atoms with Crippen molar-refractivity contribution in [2.75, 3.05) is 20.7 Å². The summed E-state index contributed by atoms with van der Waals surface area (Å²) in [5, 5.41) is 0. The third-order valence-corrected chi connectivity index (χ3v) is 3.02. The minimum atomic E-state index is -0.284. The van der Waals surface area contributed by atoms with Crippen molar-refractivity contribution < 1.29 is 14.3 Å². The number of carbonyl (C=O) groups is 1. The standard InChI is InChI=1S/C14H25NO3/c1-9(2)18-12-10(17-7)8-15(6)13(16)11(12)14(3,4)5/h9,11H,8H2,1-7H3. The smallest absolute Gasteiger partial charge is 0.234 e. The summed E-state index contributed by atoms with van der Waals surface area (Å²) in [6.45, 7) is 10.5. The van der Waals surface area contributed by atoms with Gasteiger partial charge in [0, 0.05) is 7.05 Å². The minimum Gasteiger partial charge on any atom is -0.496 e. The van der Waals surface area contributed by atoms with Crippen molar-refractivity contribution in [1.82, 2.24) is 4.90 Å². The molecule has 1 rings (SSSR count). The van der Waals surface area contributed by atoms with Crippen LogP contribution >= 0.6 is 0 Å². The maximum atomic E-state index is 12.4. The van der Waals surface area contributed by atoms with Gasteiger partial charge in [-0.2, -0.15) is 0 Å². The molecule has 0 N–H and O–H groups in total. The second-order valence-electron chi connectivity index (χ2n) is 6.15. The lowest BCUT2D eigenvalue weighted by Crippen LogP contribution is -2.46. The van der Waals surface area contributed by atoms with Crippen LogP contribution in [0.1, 0.15) is 34.6 Å². The normalized spacial score (nSPS) is 21.7. The zero-order valence-corrected chi connectivity index (χ0v) is 12.5. The maximum Gasteiger partial charge on any atom is 0.234 e. The molecule has 0 aliphatic carbocycles. The first-order valence-corrected chi connectivity index (χ1v) is 6.37. The zero-order valence-electron chi connectivity index (χ0n) is 12.5. The fraction of sp³-hybridized carbons (Fsp3) is 0.786. The number of hydrogen-bond donors (Lipinski definition) is 0. The van der Waals surface area contributed by atoms with Crippen molar-refractivity contribution in [2.24, 2.45) is 11.3 Å². The lowest BCUT2D eigenvalue weighted by atomic mass is 9.77. The Morgan fingerprint density at radius 1 is 1.33 bits per heavy atom. The second-order valence-corrected chi connectivity index (χ2v) is 6.15. The van der Waals surface area contributed by atoms with E-state index in [0.29, 0.717) is 12.3 Å². The van der Waals surface area contributed by atoms with Crippen LogP contribution in [-0.2, 0) is 14.3 Å². The van der Waals surface area contributed by atoms with Gasteiger partial charge in [0.05, 0.1) is 19.8 Å². The summed E-state index contributed by atoms with van der Waals surface area (Å²) in [5.41, 5.74) is -0.195. The third kappa shape index (κ3) is 2.98. The summed E-state index contributed by atoms with van der Waals surface area (Å²) in [7, 11) is 3.43. The average molecular weight is 255 g/mol. The van der Waals surface area contributed by atoms with E-state index < -0.39 is 0 Å². The number of rotatable bonds is 3. The van der Waals surface area contributed by atoms with E-state index in [2.05, 4.69) is 0 Å². The van der Waals surface area contributed by atoms with Crippen LogP contribution < -0.4 is 0 Å². The number of likely N-dealkylation sites (N-methyl/N-ethyl adjacent to an activating group) is 1. The lowest BCUT2D eigenvalue weighted by molar-refractivity contribution is -0.140. The monoisotopic (exact) mass is 255 g/mol. The highest BCUT2D eigenvalue weighted by molar-refractivity contribution is 5.83. The predicted octanol–water partition coefficient (Wildman–Crippen LogP) is 2.40. The Kier molecular flexibility index (Phi) is 4.30. The van der Waals surface area contributed by atoms with Crippen LogP contribution in [0, 0.1) is 11.3 Å². The molecule has 1 aliphatic rings. The summed E-state index contributed by atoms with van der Waals surface area (Å²) in [6.07, 6.45) is 0.0335. The van der Waals surface area contributed by atoms with Crippen LogP contribution in [0.2, 0.25) is 0 Å². The van der Waals surface area contributed by atoms with Gasteiger partial charge in [0.1, 0.15) is 11.7 Å². The SMILES string of the molecule is COC1=C(OC(C)C)C(C(C)(C)C)C(=O)N(C)C1. The topological polar surface area (TPSA) is 38.8 Å². The molecule has 0 aromatic carbocycles. The molecule has 4 heteroatoms. The highest BCUT2D eigenvalue weighted by atomic mass is 16.5. The van der Waals surface area contributed by atoms with Gasteiger partial charge in [-0.1, -0.05) is 20.8 Å². The number of ether oxygens (including phenoxy) is 2. The predicted molar refractivity (Wildman–Crippen MR) is 70.8 cm³/mol. The highest BCUT2D eigenvalue weighted by Crippen LogP contribution is 2.38. The van der Waals surface area contributed by atoms with Crippen LogP contribution in [0.15, 0.2) is 11.5 Å². The van der Waals surface area contributed by atoms with E-state index in [9.17, 15) is 4.79 Å². The molecular formula is C14H25NO3. The second kappa shape index (κ2) is 5.21. The number of hydrogen-bond acceptors (Lipinski definition) is 3. The zero-order chi connectivity index (χ0) is 14.1. The number of carbonyl (C=O) groups excluding carboxylic acids is 1. The molecule has 0 spiro atoms. The molecule has 1 heterocycles. The Balaban J connectivity index is 3.25. The highest BCUT2D eigenvalue weighted by Gasteiger charge is 2.43. The first kappa shape index (κ1) is 14.9. The van der Waals surface area contributed by atoms with Crippen LogP contribution in [-0.4, -0.2) is 37.6 Å². The van der Waals surface area contributed by atoms with E-state index in [1.165, 1.54) is 0 Å². The van der Waals surface area contributed by atoms with E-state index in [1.807, 2.05) is 34.6 Å². The summed E-state index contributed by atoms with van der Waals surface area (Å²) in [5.74, 6) is 1.27. The van der Waals surface area contributed by atoms with Crippen molar-refractivity contribution >= 4 is 5.91 Å². The van der Waals surface area contributed by atoms with Gasteiger partial charge < -0.3 is 14.4 Å². The van der Waals surface area contributed by atoms with Gasteiger partial charge in [0.15, 0.2) is 5.76 Å². The molecule has 104 valence electrons. The minimum absolute atomic E-state index is 0.0335. The van der Waals surface area contributed by atoms with E-state index in [4.69, 9.17) is 9.47 Å². The summed E-state index contributed by atoms with van der Waals surface area (Å²) in [6, 6.07) is 0. The molecule has 0 aromatic heterocycles. The van der Waals surface area contributed by atoms with E-state index in [0.717, 1.165) is 5.76 Å². The van der Waals surface area contributed by atoms with Crippen molar-refractivity contribution in [3.8, 4) is 0 Å². The molecule has 0 saturated heterocycles. The molecule has 0 aromatic rings. The molecule has 0 saturated carbocycles. The molecular weight excluding hydrogens is 230 g/mol. The van der Waals surface area contributed by atoms with E-state index in [-0.39, 0.29) is 23.3 Å². The summed E-state index contributed by atoms with van der Waals surface area (Å²) in [4.78, 5) is 14.1. The summed E-state index contributed by atoms with van der Waals surface area (Å²) < 4.78 is 11.3. The van der Waals surface area contributed by atoms with Gasteiger partial charge in [0.25, 0.3) is 0 Å². The van der Waals surface area contributed by atoms with Gasteiger partial charge in [0.2, 0.25) is 5.91 Å². The molecule has 1 aliphatic heterocycles. The van der Waals surface area contributed by atoms with Crippen molar-refractivity contribution in [1.29, 1.82) is 0 Å².